The average Bonchev–Trinajstić information content (AvgIpc) is 3.01. The Morgan fingerprint density at radius 3 is 2.65 bits per heavy atom. The maximum absolute atomic E-state index is 15.5. The number of fused-ring (bicyclic) bond motifs is 5. The van der Waals surface area contributed by atoms with Crippen molar-refractivity contribution >= 4 is 34.4 Å². The molecular formula is C33H32ClF2N7O3. The van der Waals surface area contributed by atoms with Crippen LogP contribution < -0.4 is 15.3 Å². The summed E-state index contributed by atoms with van der Waals surface area (Å²) in [6.07, 6.45) is 2.34. The number of nitrogens with zero attached hydrogens (tertiary/aromatic N) is 7. The highest BCUT2D eigenvalue weighted by Gasteiger charge is 2.35. The Kier molecular flexibility index (Phi) is 8.37. The molecule has 0 saturated carbocycles. The van der Waals surface area contributed by atoms with Gasteiger partial charge >= 0.3 is 5.69 Å². The van der Waals surface area contributed by atoms with Crippen LogP contribution in [0.25, 0.3) is 28.0 Å². The van der Waals surface area contributed by atoms with Gasteiger partial charge in [0.2, 0.25) is 5.91 Å². The molecule has 238 valence electrons. The molecule has 6 rings (SSSR count). The molecule has 1 fully saturated rings. The zero-order chi connectivity index (χ0) is 32.9. The summed E-state index contributed by atoms with van der Waals surface area (Å²) in [6.45, 7) is 8.39. The van der Waals surface area contributed by atoms with Crippen LogP contribution in [0.1, 0.15) is 57.7 Å². The number of carbonyl (C=O) groups is 1. The lowest BCUT2D eigenvalue weighted by molar-refractivity contribution is -0.133. The van der Waals surface area contributed by atoms with E-state index in [2.05, 4.69) is 9.97 Å². The Hall–Kier alpha value is -4.63. The molecule has 0 N–H and O–H groups in total. The lowest BCUT2D eigenvalue weighted by Gasteiger charge is -2.44. The molecule has 2 atom stereocenters. The van der Waals surface area contributed by atoms with Crippen LogP contribution in [-0.4, -0.2) is 62.1 Å². The highest BCUT2D eigenvalue weighted by atomic mass is 35.5. The molecule has 0 unspecified atom stereocenters. The summed E-state index contributed by atoms with van der Waals surface area (Å²) in [5.41, 5.74) is 1.16. The zero-order valence-electron chi connectivity index (χ0n) is 25.9. The van der Waals surface area contributed by atoms with E-state index in [0.717, 1.165) is 17.7 Å². The monoisotopic (exact) mass is 647 g/mol. The molecule has 1 amide bonds. The SMILES string of the molecule is CC(C)c1nccc2c1-n1c(=O)nc(N3C[C@@H](C)N(C(=O)CC#N)C[C@@H]3C)c3cc(Cl)c(nc31)-c1c(F)ccc(F)c1OCCC2. The van der Waals surface area contributed by atoms with Crippen molar-refractivity contribution in [3.8, 4) is 28.8 Å². The van der Waals surface area contributed by atoms with Crippen LogP contribution >= 0.6 is 11.6 Å². The topological polar surface area (TPSA) is 117 Å². The summed E-state index contributed by atoms with van der Waals surface area (Å²) in [5, 5.41) is 9.49. The first-order valence-electron chi connectivity index (χ1n) is 15.2. The highest BCUT2D eigenvalue weighted by Crippen LogP contribution is 2.41. The maximum atomic E-state index is 15.5. The first-order chi connectivity index (χ1) is 22.0. The third-order valence-corrected chi connectivity index (χ3v) is 8.84. The van der Waals surface area contributed by atoms with Crippen LogP contribution in [0.5, 0.6) is 5.75 Å². The number of benzene rings is 1. The molecule has 0 aliphatic carbocycles. The van der Waals surface area contributed by atoms with Crippen LogP contribution in [0.2, 0.25) is 5.02 Å². The lowest BCUT2D eigenvalue weighted by atomic mass is 10.0. The minimum Gasteiger partial charge on any atom is -0.490 e. The number of piperazine rings is 1. The Morgan fingerprint density at radius 2 is 1.91 bits per heavy atom. The van der Waals surface area contributed by atoms with Gasteiger partial charge in [0.15, 0.2) is 17.2 Å². The van der Waals surface area contributed by atoms with Gasteiger partial charge in [-0.05, 0) is 62.4 Å². The van der Waals surface area contributed by atoms with Gasteiger partial charge in [0.25, 0.3) is 0 Å². The quantitative estimate of drug-likeness (QED) is 0.284. The van der Waals surface area contributed by atoms with E-state index in [-0.39, 0.29) is 64.6 Å². The van der Waals surface area contributed by atoms with E-state index in [1.54, 1.807) is 17.2 Å². The van der Waals surface area contributed by atoms with Crippen LogP contribution in [-0.2, 0) is 11.2 Å². The number of nitriles is 1. The van der Waals surface area contributed by atoms with Crippen molar-refractivity contribution in [3.05, 3.63) is 68.9 Å². The lowest BCUT2D eigenvalue weighted by Crippen LogP contribution is -2.58. The molecule has 3 aromatic heterocycles. The maximum Gasteiger partial charge on any atom is 0.355 e. The zero-order valence-corrected chi connectivity index (χ0v) is 26.6. The van der Waals surface area contributed by atoms with Gasteiger partial charge < -0.3 is 14.5 Å². The molecule has 2 aliphatic rings. The Labute approximate surface area is 269 Å². The number of ether oxygens (including phenoxy) is 1. The van der Waals surface area contributed by atoms with E-state index < -0.39 is 17.3 Å². The van der Waals surface area contributed by atoms with Gasteiger partial charge in [-0.15, -0.1) is 0 Å². The summed E-state index contributed by atoms with van der Waals surface area (Å²) in [7, 11) is 0. The van der Waals surface area contributed by atoms with Crippen molar-refractivity contribution < 1.29 is 18.3 Å². The second-order valence-electron chi connectivity index (χ2n) is 12.0. The molecule has 4 aromatic rings. The van der Waals surface area contributed by atoms with Gasteiger partial charge in [-0.3, -0.25) is 9.78 Å². The molecule has 1 saturated heterocycles. The normalized spacial score (nSPS) is 18.0. The van der Waals surface area contributed by atoms with Crippen LogP contribution in [0.3, 0.4) is 0 Å². The summed E-state index contributed by atoms with van der Waals surface area (Å²) >= 11 is 6.84. The Balaban J connectivity index is 1.67. The van der Waals surface area contributed by atoms with Gasteiger partial charge in [-0.1, -0.05) is 25.4 Å². The van der Waals surface area contributed by atoms with Crippen molar-refractivity contribution in [2.45, 2.75) is 65.0 Å². The summed E-state index contributed by atoms with van der Waals surface area (Å²) in [6, 6.07) is 6.69. The second kappa shape index (κ2) is 12.3. The fourth-order valence-electron chi connectivity index (χ4n) is 6.37. The van der Waals surface area contributed by atoms with Crippen molar-refractivity contribution in [2.75, 3.05) is 24.6 Å². The van der Waals surface area contributed by atoms with E-state index in [0.29, 0.717) is 48.5 Å². The summed E-state index contributed by atoms with van der Waals surface area (Å²) in [4.78, 5) is 44.5. The number of halogens is 3. The second-order valence-corrected chi connectivity index (χ2v) is 12.4. The van der Waals surface area contributed by atoms with Crippen LogP contribution in [0.15, 0.2) is 35.3 Å². The number of aryl methyl sites for hydroxylation is 1. The van der Waals surface area contributed by atoms with E-state index >= 15 is 8.78 Å². The van der Waals surface area contributed by atoms with Gasteiger partial charge in [0, 0.05) is 31.4 Å². The summed E-state index contributed by atoms with van der Waals surface area (Å²) < 4.78 is 37.9. The van der Waals surface area contributed by atoms with Gasteiger partial charge in [0.1, 0.15) is 18.1 Å². The third-order valence-electron chi connectivity index (χ3n) is 8.55. The van der Waals surface area contributed by atoms with Crippen molar-refractivity contribution in [2.24, 2.45) is 0 Å². The number of anilines is 1. The van der Waals surface area contributed by atoms with E-state index in [9.17, 15) is 9.59 Å². The molecule has 13 heteroatoms. The Morgan fingerprint density at radius 1 is 1.15 bits per heavy atom. The predicted molar refractivity (Wildman–Crippen MR) is 169 cm³/mol. The molecule has 2 bridgehead atoms. The van der Waals surface area contributed by atoms with Crippen molar-refractivity contribution in [1.29, 1.82) is 5.26 Å². The number of carbonyl (C=O) groups excluding carboxylic acids is 1. The fraction of sp³-hybridized carbons (Fsp3) is 0.394. The Bertz CT molecular complexity index is 1980. The molecular weight excluding hydrogens is 616 g/mol. The number of rotatable bonds is 3. The standard InChI is InChI=1S/C33H32ClF2N7O3/c1-17(2)27-29-20(10-12-38-27)6-5-13-46-30-24(36)8-7-23(35)26(30)28-22(34)14-21-31(40-33(45)43(29)32(21)39-28)42-16-18(3)41(15-19(42)4)25(44)9-11-37/h7-8,10,12,14,17-19H,5-6,9,13,15-16H2,1-4H3/t18-,19+/m1/s1. The van der Waals surface area contributed by atoms with E-state index in [4.69, 9.17) is 26.6 Å². The first kappa shape index (κ1) is 31.4. The number of pyridine rings is 2. The average molecular weight is 648 g/mol. The molecule has 0 spiro atoms. The largest absolute Gasteiger partial charge is 0.490 e. The van der Waals surface area contributed by atoms with Gasteiger partial charge in [-0.2, -0.15) is 10.2 Å². The third kappa shape index (κ3) is 5.32. The van der Waals surface area contributed by atoms with E-state index in [1.807, 2.05) is 44.7 Å². The highest BCUT2D eigenvalue weighted by molar-refractivity contribution is 6.34. The number of amides is 1. The minimum absolute atomic E-state index is 0.00573. The van der Waals surface area contributed by atoms with Crippen LogP contribution in [0.4, 0.5) is 14.6 Å². The van der Waals surface area contributed by atoms with Gasteiger partial charge in [-0.25, -0.2) is 23.1 Å². The molecule has 1 aromatic carbocycles. The van der Waals surface area contributed by atoms with Crippen molar-refractivity contribution in [1.82, 2.24) is 24.4 Å². The molecule has 46 heavy (non-hydrogen) atoms. The number of hydrogen-bond acceptors (Lipinski definition) is 8. The first-order valence-corrected chi connectivity index (χ1v) is 15.5. The van der Waals surface area contributed by atoms with Gasteiger partial charge in [0.05, 0.1) is 45.7 Å². The van der Waals surface area contributed by atoms with E-state index in [1.165, 1.54) is 4.57 Å². The molecule has 0 radical (unpaired) electrons. The van der Waals surface area contributed by atoms with Crippen LogP contribution in [0, 0.1) is 23.0 Å². The minimum atomic E-state index is -0.782. The molecule has 10 nitrogen and oxygen atoms in total. The summed E-state index contributed by atoms with van der Waals surface area (Å²) in [5.74, 6) is -1.92. The number of aromatic nitrogens is 4. The molecule has 5 heterocycles. The van der Waals surface area contributed by atoms with Crippen molar-refractivity contribution in [3.63, 3.8) is 0 Å². The smallest absolute Gasteiger partial charge is 0.355 e. The predicted octanol–water partition coefficient (Wildman–Crippen LogP) is 5.56. The number of hydrogen-bond donors (Lipinski definition) is 0. The molecule has 2 aliphatic heterocycles. The fourth-order valence-corrected chi connectivity index (χ4v) is 6.61.